The van der Waals surface area contributed by atoms with E-state index in [0.717, 1.165) is 16.9 Å². The Balaban J connectivity index is 2.13. The van der Waals surface area contributed by atoms with Crippen molar-refractivity contribution >= 4 is 16.9 Å². The number of rotatable bonds is 5. The highest BCUT2D eigenvalue weighted by atomic mass is 16.2. The van der Waals surface area contributed by atoms with Crippen LogP contribution in [0.4, 0.5) is 0 Å². The van der Waals surface area contributed by atoms with Crippen LogP contribution in [-0.4, -0.2) is 27.5 Å². The van der Waals surface area contributed by atoms with Crippen LogP contribution in [0.15, 0.2) is 24.3 Å². The predicted molar refractivity (Wildman–Crippen MR) is 85.0 cm³/mol. The first kappa shape index (κ1) is 15.5. The zero-order valence-electron chi connectivity index (χ0n) is 13.3. The Kier molecular flexibility index (Phi) is 4.63. The molecule has 0 saturated carbocycles. The number of hydrogen-bond donors (Lipinski definition) is 2. The van der Waals surface area contributed by atoms with Crippen LogP contribution in [-0.2, 0) is 11.8 Å². The van der Waals surface area contributed by atoms with Crippen molar-refractivity contribution in [2.45, 2.75) is 45.8 Å². The summed E-state index contributed by atoms with van der Waals surface area (Å²) in [6.07, 6.45) is 0. The van der Waals surface area contributed by atoms with Crippen LogP contribution in [0, 0.1) is 0 Å². The number of imidazole rings is 1. The van der Waals surface area contributed by atoms with Crippen LogP contribution >= 0.6 is 0 Å². The maximum absolute atomic E-state index is 12.0. The van der Waals surface area contributed by atoms with Gasteiger partial charge in [0, 0.05) is 13.1 Å². The summed E-state index contributed by atoms with van der Waals surface area (Å²) in [6, 6.07) is 7.92. The van der Waals surface area contributed by atoms with Crippen molar-refractivity contribution in [2.75, 3.05) is 0 Å². The van der Waals surface area contributed by atoms with Crippen LogP contribution in [0.3, 0.4) is 0 Å². The van der Waals surface area contributed by atoms with E-state index in [1.807, 2.05) is 59.0 Å². The summed E-state index contributed by atoms with van der Waals surface area (Å²) in [4.78, 5) is 16.6. The van der Waals surface area contributed by atoms with Crippen molar-refractivity contribution < 1.29 is 4.79 Å². The molecule has 0 bridgehead atoms. The van der Waals surface area contributed by atoms with Gasteiger partial charge in [-0.15, -0.1) is 0 Å². The van der Waals surface area contributed by atoms with Gasteiger partial charge >= 0.3 is 0 Å². The van der Waals surface area contributed by atoms with Gasteiger partial charge in [0.25, 0.3) is 0 Å². The molecule has 2 rings (SSSR count). The minimum absolute atomic E-state index is 0.00434. The summed E-state index contributed by atoms with van der Waals surface area (Å²) in [5.41, 5.74) is 2.07. The van der Waals surface area contributed by atoms with Gasteiger partial charge in [0.1, 0.15) is 5.82 Å². The van der Waals surface area contributed by atoms with E-state index >= 15 is 0 Å². The van der Waals surface area contributed by atoms with E-state index in [9.17, 15) is 4.79 Å². The summed E-state index contributed by atoms with van der Waals surface area (Å²) in [6.45, 7) is 7.82. The number of amides is 1. The molecule has 2 unspecified atom stereocenters. The second kappa shape index (κ2) is 6.26. The molecule has 0 spiro atoms. The third-order valence-corrected chi connectivity index (χ3v) is 3.53. The van der Waals surface area contributed by atoms with Crippen LogP contribution in [0.1, 0.15) is 39.6 Å². The quantitative estimate of drug-likeness (QED) is 0.886. The molecule has 21 heavy (non-hydrogen) atoms. The zero-order chi connectivity index (χ0) is 15.6. The highest BCUT2D eigenvalue weighted by molar-refractivity contribution is 5.81. The van der Waals surface area contributed by atoms with E-state index in [4.69, 9.17) is 0 Å². The molecular formula is C16H24N4O. The topological polar surface area (TPSA) is 59.0 Å². The van der Waals surface area contributed by atoms with Gasteiger partial charge in [-0.05, 0) is 39.8 Å². The summed E-state index contributed by atoms with van der Waals surface area (Å²) in [5.74, 6) is 0.941. The van der Waals surface area contributed by atoms with Gasteiger partial charge in [-0.3, -0.25) is 10.1 Å². The molecule has 0 saturated heterocycles. The standard InChI is InChI=1S/C16H24N4O/c1-10(2)17-16(21)12(4)18-11(3)15-19-13-8-6-7-9-14(13)20(15)5/h6-12,18H,1-5H3,(H,17,21). The second-order valence-corrected chi connectivity index (χ2v) is 5.79. The van der Waals surface area contributed by atoms with E-state index in [1.165, 1.54) is 0 Å². The molecule has 0 aliphatic heterocycles. The molecule has 1 aromatic heterocycles. The normalized spacial score (nSPS) is 14.4. The van der Waals surface area contributed by atoms with E-state index in [1.54, 1.807) is 0 Å². The molecule has 5 heteroatoms. The maximum atomic E-state index is 12.0. The molecular weight excluding hydrogens is 264 g/mol. The lowest BCUT2D eigenvalue weighted by molar-refractivity contribution is -0.123. The summed E-state index contributed by atoms with van der Waals surface area (Å²) < 4.78 is 2.07. The average molecular weight is 288 g/mol. The van der Waals surface area contributed by atoms with E-state index in [2.05, 4.69) is 20.2 Å². The molecule has 1 aromatic carbocycles. The Bertz CT molecular complexity index is 632. The number of fused-ring (bicyclic) bond motifs is 1. The fraction of sp³-hybridized carbons (Fsp3) is 0.500. The highest BCUT2D eigenvalue weighted by Crippen LogP contribution is 2.19. The highest BCUT2D eigenvalue weighted by Gasteiger charge is 2.20. The Morgan fingerprint density at radius 1 is 1.19 bits per heavy atom. The van der Waals surface area contributed by atoms with Crippen molar-refractivity contribution in [3.05, 3.63) is 30.1 Å². The SMILES string of the molecule is CC(C)NC(=O)C(C)NC(C)c1nc2ccccc2n1C. The van der Waals surface area contributed by atoms with Gasteiger partial charge in [-0.2, -0.15) is 0 Å². The minimum atomic E-state index is -0.262. The Morgan fingerprint density at radius 2 is 1.86 bits per heavy atom. The van der Waals surface area contributed by atoms with Gasteiger partial charge in [-0.1, -0.05) is 12.1 Å². The van der Waals surface area contributed by atoms with Crippen molar-refractivity contribution in [3.8, 4) is 0 Å². The molecule has 114 valence electrons. The molecule has 1 heterocycles. The smallest absolute Gasteiger partial charge is 0.237 e. The largest absolute Gasteiger partial charge is 0.353 e. The summed E-state index contributed by atoms with van der Waals surface area (Å²) >= 11 is 0. The minimum Gasteiger partial charge on any atom is -0.353 e. The number of carbonyl (C=O) groups is 1. The Morgan fingerprint density at radius 3 is 2.48 bits per heavy atom. The summed E-state index contributed by atoms with van der Waals surface area (Å²) in [7, 11) is 2.00. The molecule has 1 amide bonds. The van der Waals surface area contributed by atoms with Gasteiger partial charge < -0.3 is 9.88 Å². The fourth-order valence-electron chi connectivity index (χ4n) is 2.49. The van der Waals surface area contributed by atoms with Crippen LogP contribution < -0.4 is 10.6 Å². The number of hydrogen-bond acceptors (Lipinski definition) is 3. The third kappa shape index (κ3) is 3.42. The number of aromatic nitrogens is 2. The second-order valence-electron chi connectivity index (χ2n) is 5.79. The number of nitrogens with zero attached hydrogens (tertiary/aromatic N) is 2. The first-order chi connectivity index (χ1) is 9.90. The lowest BCUT2D eigenvalue weighted by Gasteiger charge is -2.20. The lowest BCUT2D eigenvalue weighted by Crippen LogP contribution is -2.45. The Hall–Kier alpha value is -1.88. The van der Waals surface area contributed by atoms with E-state index < -0.39 is 0 Å². The van der Waals surface area contributed by atoms with Crippen molar-refractivity contribution in [1.82, 2.24) is 20.2 Å². The fourth-order valence-corrected chi connectivity index (χ4v) is 2.49. The van der Waals surface area contributed by atoms with Crippen LogP contribution in [0.5, 0.6) is 0 Å². The monoisotopic (exact) mass is 288 g/mol. The molecule has 0 fully saturated rings. The summed E-state index contributed by atoms with van der Waals surface area (Å²) in [5, 5.41) is 6.22. The third-order valence-electron chi connectivity index (χ3n) is 3.53. The maximum Gasteiger partial charge on any atom is 0.237 e. The number of para-hydroxylation sites is 2. The molecule has 0 radical (unpaired) electrons. The predicted octanol–water partition coefficient (Wildman–Crippen LogP) is 2.14. The van der Waals surface area contributed by atoms with Crippen LogP contribution in [0.2, 0.25) is 0 Å². The van der Waals surface area contributed by atoms with Crippen LogP contribution in [0.25, 0.3) is 11.0 Å². The van der Waals surface area contributed by atoms with E-state index in [-0.39, 0.29) is 24.0 Å². The molecule has 5 nitrogen and oxygen atoms in total. The Labute approximate surface area is 125 Å². The lowest BCUT2D eigenvalue weighted by atomic mass is 10.2. The van der Waals surface area contributed by atoms with Gasteiger partial charge in [0.2, 0.25) is 5.91 Å². The average Bonchev–Trinajstić information content (AvgIpc) is 2.76. The molecule has 0 aliphatic rings. The first-order valence-corrected chi connectivity index (χ1v) is 7.38. The van der Waals surface area contributed by atoms with E-state index in [0.29, 0.717) is 0 Å². The molecule has 2 N–H and O–H groups in total. The van der Waals surface area contributed by atoms with Crippen molar-refractivity contribution in [1.29, 1.82) is 0 Å². The number of aryl methyl sites for hydroxylation is 1. The zero-order valence-corrected chi connectivity index (χ0v) is 13.3. The number of carbonyl (C=O) groups excluding carboxylic acids is 1. The number of benzene rings is 1. The van der Waals surface area contributed by atoms with Gasteiger partial charge in [0.05, 0.1) is 23.1 Å². The van der Waals surface area contributed by atoms with Crippen molar-refractivity contribution in [3.63, 3.8) is 0 Å². The molecule has 2 atom stereocenters. The van der Waals surface area contributed by atoms with Gasteiger partial charge in [0.15, 0.2) is 0 Å². The first-order valence-electron chi connectivity index (χ1n) is 7.38. The molecule has 2 aromatic rings. The van der Waals surface area contributed by atoms with Gasteiger partial charge in [-0.25, -0.2) is 4.98 Å². The van der Waals surface area contributed by atoms with Crippen molar-refractivity contribution in [2.24, 2.45) is 7.05 Å². The number of nitrogens with one attached hydrogen (secondary N) is 2. The molecule has 0 aliphatic carbocycles.